The number of rotatable bonds is 4. The summed E-state index contributed by atoms with van der Waals surface area (Å²) in [6.45, 7) is 9.19. The molecule has 0 unspecified atom stereocenters. The van der Waals surface area contributed by atoms with E-state index in [1.165, 1.54) is 25.8 Å². The molecule has 3 aliphatic rings. The van der Waals surface area contributed by atoms with Gasteiger partial charge in [-0.2, -0.15) is 0 Å². The molecular weight excluding hydrogens is 302 g/mol. The van der Waals surface area contributed by atoms with Crippen molar-refractivity contribution in [3.8, 4) is 0 Å². The smallest absolute Gasteiger partial charge is 0.0813 e. The number of piperidine rings is 1. The highest BCUT2D eigenvalue weighted by atomic mass is 16.5. The Hall–Kier alpha value is -1.01. The van der Waals surface area contributed by atoms with Gasteiger partial charge in [-0.05, 0) is 43.9 Å². The Morgan fingerprint density at radius 3 is 2.92 bits per heavy atom. The van der Waals surface area contributed by atoms with Crippen molar-refractivity contribution in [2.45, 2.75) is 31.4 Å². The Labute approximate surface area is 144 Å². The molecule has 3 aliphatic heterocycles. The number of nitrogens with zero attached hydrogens (tertiary/aromatic N) is 3. The van der Waals surface area contributed by atoms with Crippen LogP contribution in [-0.2, 0) is 16.0 Å². The van der Waals surface area contributed by atoms with Crippen molar-refractivity contribution in [3.05, 3.63) is 30.1 Å². The molecule has 3 saturated heterocycles. The highest BCUT2D eigenvalue weighted by molar-refractivity contribution is 5.04. The quantitative estimate of drug-likeness (QED) is 0.841. The van der Waals surface area contributed by atoms with Crippen LogP contribution in [0.2, 0.25) is 0 Å². The van der Waals surface area contributed by atoms with Gasteiger partial charge in [-0.1, -0.05) is 6.07 Å². The van der Waals surface area contributed by atoms with E-state index in [4.69, 9.17) is 9.47 Å². The van der Waals surface area contributed by atoms with Gasteiger partial charge in [0, 0.05) is 38.9 Å². The zero-order chi connectivity index (χ0) is 16.2. The zero-order valence-electron chi connectivity index (χ0n) is 14.5. The molecule has 5 heteroatoms. The van der Waals surface area contributed by atoms with Gasteiger partial charge >= 0.3 is 0 Å². The standard InChI is InChI=1S/C19H29N3O2/c1-2-6-20-18(4-1)14-22-7-3-5-19(16-22)12-17(15-24-19)13-21-8-10-23-11-9-21/h1-2,4,6,17H,3,5,7-16H2/t17-,19-/m0/s1. The van der Waals surface area contributed by atoms with Crippen LogP contribution in [0.1, 0.15) is 25.0 Å². The third kappa shape index (κ3) is 3.97. The fourth-order valence-electron chi connectivity index (χ4n) is 4.54. The molecule has 0 N–H and O–H groups in total. The summed E-state index contributed by atoms with van der Waals surface area (Å²) in [5, 5.41) is 0. The topological polar surface area (TPSA) is 37.8 Å². The summed E-state index contributed by atoms with van der Waals surface area (Å²) < 4.78 is 11.8. The average molecular weight is 331 g/mol. The Morgan fingerprint density at radius 1 is 1.17 bits per heavy atom. The van der Waals surface area contributed by atoms with Crippen LogP contribution in [0.3, 0.4) is 0 Å². The summed E-state index contributed by atoms with van der Waals surface area (Å²) in [7, 11) is 0. The number of likely N-dealkylation sites (tertiary alicyclic amines) is 1. The van der Waals surface area contributed by atoms with Crippen molar-refractivity contribution >= 4 is 0 Å². The van der Waals surface area contributed by atoms with Crippen molar-refractivity contribution in [2.75, 3.05) is 52.5 Å². The normalized spacial score (nSPS) is 32.4. The summed E-state index contributed by atoms with van der Waals surface area (Å²) >= 11 is 0. The van der Waals surface area contributed by atoms with Crippen molar-refractivity contribution in [1.29, 1.82) is 0 Å². The van der Waals surface area contributed by atoms with Crippen LogP contribution in [0.25, 0.3) is 0 Å². The van der Waals surface area contributed by atoms with Gasteiger partial charge in [-0.25, -0.2) is 0 Å². The van der Waals surface area contributed by atoms with E-state index in [-0.39, 0.29) is 5.60 Å². The van der Waals surface area contributed by atoms with Gasteiger partial charge in [0.25, 0.3) is 0 Å². The predicted octanol–water partition coefficient (Wildman–Crippen LogP) is 1.78. The molecule has 132 valence electrons. The molecule has 0 radical (unpaired) electrons. The molecule has 0 bridgehead atoms. The van der Waals surface area contributed by atoms with E-state index in [0.717, 1.165) is 58.2 Å². The van der Waals surface area contributed by atoms with E-state index in [1.807, 2.05) is 12.3 Å². The van der Waals surface area contributed by atoms with Crippen molar-refractivity contribution in [1.82, 2.24) is 14.8 Å². The Kier molecular flexibility index (Phi) is 5.13. The molecule has 2 atom stereocenters. The molecule has 1 aromatic heterocycles. The second-order valence-electron chi connectivity index (χ2n) is 7.61. The maximum absolute atomic E-state index is 6.38. The molecule has 4 heterocycles. The molecule has 5 nitrogen and oxygen atoms in total. The molecule has 1 aromatic rings. The van der Waals surface area contributed by atoms with E-state index < -0.39 is 0 Å². The van der Waals surface area contributed by atoms with E-state index >= 15 is 0 Å². The monoisotopic (exact) mass is 331 g/mol. The molecule has 4 rings (SSSR count). The van der Waals surface area contributed by atoms with Crippen LogP contribution >= 0.6 is 0 Å². The number of pyridine rings is 1. The van der Waals surface area contributed by atoms with Crippen molar-refractivity contribution < 1.29 is 9.47 Å². The third-order valence-electron chi connectivity index (χ3n) is 5.64. The first-order valence-electron chi connectivity index (χ1n) is 9.38. The number of ether oxygens (including phenoxy) is 2. The van der Waals surface area contributed by atoms with Crippen molar-refractivity contribution in [3.63, 3.8) is 0 Å². The molecule has 1 spiro atoms. The maximum atomic E-state index is 6.38. The van der Waals surface area contributed by atoms with Gasteiger partial charge in [0.1, 0.15) is 0 Å². The van der Waals surface area contributed by atoms with Gasteiger partial charge in [0.15, 0.2) is 0 Å². The number of hydrogen-bond acceptors (Lipinski definition) is 5. The zero-order valence-corrected chi connectivity index (χ0v) is 14.5. The van der Waals surface area contributed by atoms with E-state index in [9.17, 15) is 0 Å². The first-order chi connectivity index (χ1) is 11.8. The highest BCUT2D eigenvalue weighted by Crippen LogP contribution is 2.38. The molecule has 24 heavy (non-hydrogen) atoms. The van der Waals surface area contributed by atoms with Gasteiger partial charge in [-0.3, -0.25) is 14.8 Å². The molecule has 0 saturated carbocycles. The van der Waals surface area contributed by atoms with E-state index in [1.54, 1.807) is 0 Å². The van der Waals surface area contributed by atoms with Crippen LogP contribution in [-0.4, -0.2) is 72.9 Å². The summed E-state index contributed by atoms with van der Waals surface area (Å²) in [6, 6.07) is 6.18. The first-order valence-corrected chi connectivity index (χ1v) is 9.38. The van der Waals surface area contributed by atoms with Gasteiger partial charge in [0.2, 0.25) is 0 Å². The predicted molar refractivity (Wildman–Crippen MR) is 92.8 cm³/mol. The Bertz CT molecular complexity index is 521. The molecule has 3 fully saturated rings. The molecule has 0 aliphatic carbocycles. The maximum Gasteiger partial charge on any atom is 0.0813 e. The Balaban J connectivity index is 1.31. The first kappa shape index (κ1) is 16.5. The van der Waals surface area contributed by atoms with Crippen LogP contribution in [0, 0.1) is 5.92 Å². The second kappa shape index (κ2) is 7.48. The largest absolute Gasteiger partial charge is 0.379 e. The fraction of sp³-hybridized carbons (Fsp3) is 0.737. The van der Waals surface area contributed by atoms with Crippen LogP contribution in [0.4, 0.5) is 0 Å². The van der Waals surface area contributed by atoms with Crippen molar-refractivity contribution in [2.24, 2.45) is 5.92 Å². The fourth-order valence-corrected chi connectivity index (χ4v) is 4.54. The third-order valence-corrected chi connectivity index (χ3v) is 5.64. The summed E-state index contributed by atoms with van der Waals surface area (Å²) in [4.78, 5) is 9.56. The summed E-state index contributed by atoms with van der Waals surface area (Å²) in [5.41, 5.74) is 1.25. The lowest BCUT2D eigenvalue weighted by molar-refractivity contribution is -0.0539. The lowest BCUT2D eigenvalue weighted by atomic mass is 9.86. The lowest BCUT2D eigenvalue weighted by Gasteiger charge is -2.40. The summed E-state index contributed by atoms with van der Waals surface area (Å²) in [5.74, 6) is 0.679. The van der Waals surface area contributed by atoms with E-state index in [0.29, 0.717) is 5.92 Å². The minimum atomic E-state index is 0.0873. The molecule has 0 amide bonds. The van der Waals surface area contributed by atoms with Crippen LogP contribution in [0.5, 0.6) is 0 Å². The van der Waals surface area contributed by atoms with Crippen LogP contribution in [0.15, 0.2) is 24.4 Å². The van der Waals surface area contributed by atoms with E-state index in [2.05, 4.69) is 26.9 Å². The minimum Gasteiger partial charge on any atom is -0.379 e. The summed E-state index contributed by atoms with van der Waals surface area (Å²) in [6.07, 6.45) is 5.55. The Morgan fingerprint density at radius 2 is 2.08 bits per heavy atom. The number of aromatic nitrogens is 1. The van der Waals surface area contributed by atoms with Crippen LogP contribution < -0.4 is 0 Å². The highest BCUT2D eigenvalue weighted by Gasteiger charge is 2.43. The number of morpholine rings is 1. The minimum absolute atomic E-state index is 0.0873. The average Bonchev–Trinajstić information content (AvgIpc) is 2.98. The second-order valence-corrected chi connectivity index (χ2v) is 7.61. The van der Waals surface area contributed by atoms with Gasteiger partial charge in [-0.15, -0.1) is 0 Å². The molecular formula is C19H29N3O2. The molecule has 0 aromatic carbocycles. The number of hydrogen-bond donors (Lipinski definition) is 0. The lowest BCUT2D eigenvalue weighted by Crippen LogP contribution is -2.47. The SMILES string of the molecule is c1ccc(CN2CCC[C@]3(C[C@@H](CN4CCOCC4)CO3)C2)nc1. The van der Waals surface area contributed by atoms with Gasteiger partial charge < -0.3 is 9.47 Å². The van der Waals surface area contributed by atoms with Gasteiger partial charge in [0.05, 0.1) is 31.1 Å².